The Kier molecular flexibility index (Phi) is 1.75. The highest BCUT2D eigenvalue weighted by Gasteiger charge is 2.12. The van der Waals surface area contributed by atoms with E-state index in [9.17, 15) is 4.79 Å². The van der Waals surface area contributed by atoms with Crippen molar-refractivity contribution < 1.29 is 4.79 Å². The van der Waals surface area contributed by atoms with E-state index in [1.54, 1.807) is 0 Å². The van der Waals surface area contributed by atoms with Crippen molar-refractivity contribution in [2.24, 2.45) is 0 Å². The van der Waals surface area contributed by atoms with Crippen LogP contribution in [-0.2, 0) is 4.79 Å². The molecule has 0 saturated heterocycles. The summed E-state index contributed by atoms with van der Waals surface area (Å²) in [6, 6.07) is 0. The van der Waals surface area contributed by atoms with Gasteiger partial charge in [0.2, 0.25) is 0 Å². The predicted octanol–water partition coefficient (Wildman–Crippen LogP) is 2.24. The minimum Gasteiger partial charge on any atom is -0.294 e. The predicted molar refractivity (Wildman–Crippen MR) is 41.8 cm³/mol. The molecule has 1 aliphatic rings. The molecule has 1 aliphatic carbocycles. The van der Waals surface area contributed by atoms with Crippen molar-refractivity contribution in [1.82, 2.24) is 0 Å². The quantitative estimate of drug-likeness (QED) is 0.499. The molecule has 1 nitrogen and oxygen atoms in total. The van der Waals surface area contributed by atoms with E-state index >= 15 is 0 Å². The molecule has 0 aliphatic heterocycles. The third-order valence-corrected chi connectivity index (χ3v) is 1.91. The Labute approximate surface area is 61.4 Å². The summed E-state index contributed by atoms with van der Waals surface area (Å²) >= 11 is 0. The van der Waals surface area contributed by atoms with Crippen LogP contribution in [-0.4, -0.2) is 5.78 Å². The summed E-state index contributed by atoms with van der Waals surface area (Å²) < 4.78 is 0. The summed E-state index contributed by atoms with van der Waals surface area (Å²) in [6.07, 6.45) is 2.69. The van der Waals surface area contributed by atoms with E-state index in [1.165, 1.54) is 5.57 Å². The molecular weight excluding hydrogens is 124 g/mol. The van der Waals surface area contributed by atoms with Crippen molar-refractivity contribution in [3.05, 3.63) is 22.8 Å². The lowest BCUT2D eigenvalue weighted by atomic mass is 9.94. The van der Waals surface area contributed by atoms with Crippen LogP contribution < -0.4 is 0 Å². The summed E-state index contributed by atoms with van der Waals surface area (Å²) in [7, 11) is 0. The Bertz CT molecular complexity index is 231. The smallest absolute Gasteiger partial charge is 0.162 e. The van der Waals surface area contributed by atoms with Gasteiger partial charge in [-0.2, -0.15) is 0 Å². The Morgan fingerprint density at radius 1 is 1.30 bits per heavy atom. The lowest BCUT2D eigenvalue weighted by molar-refractivity contribution is -0.115. The number of rotatable bonds is 0. The minimum atomic E-state index is 0.275. The average Bonchev–Trinajstić information content (AvgIpc) is 1.82. The van der Waals surface area contributed by atoms with E-state index in [0.717, 1.165) is 11.1 Å². The molecule has 0 spiro atoms. The van der Waals surface area contributed by atoms with Gasteiger partial charge in [0.1, 0.15) is 0 Å². The number of carbonyl (C=O) groups excluding carboxylic acids is 1. The van der Waals surface area contributed by atoms with Crippen molar-refractivity contribution >= 4 is 5.78 Å². The first-order chi connectivity index (χ1) is 4.61. The topological polar surface area (TPSA) is 17.1 Å². The second kappa shape index (κ2) is 2.41. The van der Waals surface area contributed by atoms with Crippen LogP contribution in [0.2, 0.25) is 0 Å². The van der Waals surface area contributed by atoms with Gasteiger partial charge in [-0.1, -0.05) is 11.6 Å². The van der Waals surface area contributed by atoms with Crippen molar-refractivity contribution in [2.75, 3.05) is 0 Å². The zero-order valence-corrected chi connectivity index (χ0v) is 6.69. The fraction of sp³-hybridized carbons (Fsp3) is 0.444. The lowest BCUT2D eigenvalue weighted by Gasteiger charge is -2.10. The summed E-state index contributed by atoms with van der Waals surface area (Å²) in [5.74, 6) is 0.275. The van der Waals surface area contributed by atoms with Gasteiger partial charge in [-0.05, 0) is 31.9 Å². The van der Waals surface area contributed by atoms with Crippen LogP contribution in [0.5, 0.6) is 0 Å². The van der Waals surface area contributed by atoms with Crippen LogP contribution in [0.1, 0.15) is 27.2 Å². The highest BCUT2D eigenvalue weighted by molar-refractivity contribution is 5.98. The number of ketones is 1. The van der Waals surface area contributed by atoms with Crippen LogP contribution in [0, 0.1) is 0 Å². The molecule has 0 heterocycles. The van der Waals surface area contributed by atoms with Gasteiger partial charge < -0.3 is 0 Å². The van der Waals surface area contributed by atoms with Gasteiger partial charge in [0.05, 0.1) is 0 Å². The van der Waals surface area contributed by atoms with Crippen LogP contribution >= 0.6 is 0 Å². The number of carbonyl (C=O) groups is 1. The molecule has 10 heavy (non-hydrogen) atoms. The van der Waals surface area contributed by atoms with E-state index < -0.39 is 0 Å². The van der Waals surface area contributed by atoms with E-state index in [2.05, 4.69) is 6.08 Å². The second-order valence-corrected chi connectivity index (χ2v) is 2.90. The van der Waals surface area contributed by atoms with E-state index in [1.807, 2.05) is 20.8 Å². The number of hydrogen-bond donors (Lipinski definition) is 0. The van der Waals surface area contributed by atoms with Gasteiger partial charge in [-0.15, -0.1) is 0 Å². The Hall–Kier alpha value is -0.850. The first-order valence-corrected chi connectivity index (χ1v) is 3.49. The van der Waals surface area contributed by atoms with E-state index in [4.69, 9.17) is 0 Å². The molecule has 0 N–H and O–H groups in total. The zero-order chi connectivity index (χ0) is 7.72. The molecule has 0 atom stereocenters. The average molecular weight is 136 g/mol. The van der Waals surface area contributed by atoms with Gasteiger partial charge in [-0.25, -0.2) is 0 Å². The molecule has 54 valence electrons. The summed E-state index contributed by atoms with van der Waals surface area (Å²) in [5, 5.41) is 0. The Morgan fingerprint density at radius 2 is 1.90 bits per heavy atom. The van der Waals surface area contributed by atoms with Gasteiger partial charge in [0, 0.05) is 6.42 Å². The van der Waals surface area contributed by atoms with Gasteiger partial charge in [0.15, 0.2) is 5.78 Å². The van der Waals surface area contributed by atoms with Crippen molar-refractivity contribution in [2.45, 2.75) is 27.2 Å². The molecule has 0 aromatic heterocycles. The number of allylic oxidation sites excluding steroid dienone is 4. The normalized spacial score (nSPS) is 19.5. The molecule has 0 unspecified atom stereocenters. The number of hydrogen-bond acceptors (Lipinski definition) is 1. The first-order valence-electron chi connectivity index (χ1n) is 3.49. The maximum Gasteiger partial charge on any atom is 0.162 e. The molecule has 0 saturated carbocycles. The number of Topliss-reactive ketones (excluding diaryl/α,β-unsaturated/α-hetero) is 1. The highest BCUT2D eigenvalue weighted by Crippen LogP contribution is 2.19. The second-order valence-electron chi connectivity index (χ2n) is 2.90. The van der Waals surface area contributed by atoms with Crippen LogP contribution in [0.3, 0.4) is 0 Å². The molecule has 0 bridgehead atoms. The first kappa shape index (κ1) is 7.26. The van der Waals surface area contributed by atoms with Gasteiger partial charge in [-0.3, -0.25) is 4.79 Å². The molecule has 1 heteroatoms. The molecular formula is C9H12O. The lowest BCUT2D eigenvalue weighted by Crippen LogP contribution is -2.06. The fourth-order valence-electron chi connectivity index (χ4n) is 1.13. The third kappa shape index (κ3) is 1.18. The van der Waals surface area contributed by atoms with Crippen molar-refractivity contribution in [3.63, 3.8) is 0 Å². The Balaban J connectivity index is 3.03. The Morgan fingerprint density at radius 3 is 2.40 bits per heavy atom. The highest BCUT2D eigenvalue weighted by atomic mass is 16.1. The summed E-state index contributed by atoms with van der Waals surface area (Å²) in [5.41, 5.74) is 3.22. The molecule has 0 fully saturated rings. The molecule has 0 amide bonds. The van der Waals surface area contributed by atoms with E-state index in [-0.39, 0.29) is 5.78 Å². The monoisotopic (exact) mass is 136 g/mol. The maximum absolute atomic E-state index is 11.1. The van der Waals surface area contributed by atoms with Crippen molar-refractivity contribution in [1.29, 1.82) is 0 Å². The zero-order valence-electron chi connectivity index (χ0n) is 6.69. The molecule has 0 aromatic carbocycles. The molecule has 1 rings (SSSR count). The van der Waals surface area contributed by atoms with Crippen LogP contribution in [0.4, 0.5) is 0 Å². The summed E-state index contributed by atoms with van der Waals surface area (Å²) in [4.78, 5) is 11.1. The van der Waals surface area contributed by atoms with Crippen LogP contribution in [0.25, 0.3) is 0 Å². The molecule has 0 aromatic rings. The standard InChI is InChI=1S/C9H12O/c1-6-4-7(2)8(3)9(10)5-6/h4H,5H2,1-3H3. The van der Waals surface area contributed by atoms with Gasteiger partial charge in [0.25, 0.3) is 0 Å². The van der Waals surface area contributed by atoms with Gasteiger partial charge >= 0.3 is 0 Å². The third-order valence-electron chi connectivity index (χ3n) is 1.91. The minimum absolute atomic E-state index is 0.275. The largest absolute Gasteiger partial charge is 0.294 e. The SMILES string of the molecule is CC1=CC(C)=C(C)C(=O)C1. The van der Waals surface area contributed by atoms with E-state index in [0.29, 0.717) is 6.42 Å². The molecule has 0 radical (unpaired) electrons. The van der Waals surface area contributed by atoms with Crippen molar-refractivity contribution in [3.8, 4) is 0 Å². The fourth-order valence-corrected chi connectivity index (χ4v) is 1.13. The maximum atomic E-state index is 11.1. The van der Waals surface area contributed by atoms with Crippen LogP contribution in [0.15, 0.2) is 22.8 Å². The summed E-state index contributed by atoms with van der Waals surface area (Å²) in [6.45, 7) is 5.87.